The molecule has 0 heterocycles. The third-order valence-corrected chi connectivity index (χ3v) is 3.36. The number of Topliss-reactive ketones (excluding diaryl/α,β-unsaturated/α-hetero) is 1. The number of hydrogen-bond donors (Lipinski definition) is 1. The molecule has 0 bridgehead atoms. The summed E-state index contributed by atoms with van der Waals surface area (Å²) < 4.78 is 4.63. The Bertz CT molecular complexity index is 391. The largest absolute Gasteiger partial charge is 0.457 e. The van der Waals surface area contributed by atoms with Gasteiger partial charge in [0.1, 0.15) is 0 Å². The number of carbonyl (C=O) groups is 2. The van der Waals surface area contributed by atoms with Crippen LogP contribution in [0.15, 0.2) is 0 Å². The number of ketones is 1. The topological polar surface area (TPSA) is 100 Å². The van der Waals surface area contributed by atoms with Gasteiger partial charge in [-0.3, -0.25) is 4.79 Å². The van der Waals surface area contributed by atoms with Gasteiger partial charge in [-0.2, -0.15) is 4.79 Å². The molecule has 1 rings (SSSR count). The molecule has 0 atom stereocenters. The Morgan fingerprint density at radius 3 is 2.32 bits per heavy atom. The third-order valence-electron chi connectivity index (χ3n) is 3.36. The average molecular weight is 268 g/mol. The molecule has 1 aliphatic rings. The van der Waals surface area contributed by atoms with Crippen molar-refractivity contribution in [3.8, 4) is 0 Å². The van der Waals surface area contributed by atoms with Crippen LogP contribution in [0.4, 0.5) is 0 Å². The summed E-state index contributed by atoms with van der Waals surface area (Å²) in [4.78, 5) is 26.0. The van der Waals surface area contributed by atoms with E-state index in [1.165, 1.54) is 0 Å². The van der Waals surface area contributed by atoms with E-state index >= 15 is 0 Å². The number of hydrogen-bond acceptors (Lipinski definition) is 4. The number of rotatable bonds is 5. The number of nitrogens with zero attached hydrogens (tertiary/aromatic N) is 2. The molecule has 0 spiro atoms. The van der Waals surface area contributed by atoms with E-state index in [0.29, 0.717) is 12.8 Å². The molecule has 6 heteroatoms. The molecule has 0 saturated heterocycles. The van der Waals surface area contributed by atoms with Crippen LogP contribution in [0, 0.1) is 0 Å². The van der Waals surface area contributed by atoms with Crippen molar-refractivity contribution in [3.05, 3.63) is 5.53 Å². The van der Waals surface area contributed by atoms with Crippen LogP contribution < -0.4 is 0 Å². The van der Waals surface area contributed by atoms with Gasteiger partial charge in [0, 0.05) is 6.42 Å². The second-order valence-electron chi connectivity index (χ2n) is 4.91. The predicted octanol–water partition coefficient (Wildman–Crippen LogP) is 1.26. The summed E-state index contributed by atoms with van der Waals surface area (Å²) in [6.45, 7) is 1.69. The lowest BCUT2D eigenvalue weighted by Crippen LogP contribution is -2.37. The van der Waals surface area contributed by atoms with Gasteiger partial charge in [0.25, 0.3) is 5.78 Å². The van der Waals surface area contributed by atoms with Crippen molar-refractivity contribution >= 4 is 17.5 Å². The zero-order valence-corrected chi connectivity index (χ0v) is 11.2. The standard InChI is InChI=1S/C13H20N2O4/c1-2-19-12(17)11(15-14)10(16)9-13(18)7-5-3-4-6-8-13/h18H,2-9H2,1H3. The van der Waals surface area contributed by atoms with Crippen molar-refractivity contribution in [1.82, 2.24) is 0 Å². The molecular weight excluding hydrogens is 248 g/mol. The van der Waals surface area contributed by atoms with Crippen LogP contribution in [-0.4, -0.2) is 39.6 Å². The highest BCUT2D eigenvalue weighted by Gasteiger charge is 2.38. The predicted molar refractivity (Wildman–Crippen MR) is 67.5 cm³/mol. The molecule has 1 N–H and O–H groups in total. The molecule has 1 fully saturated rings. The Morgan fingerprint density at radius 2 is 1.84 bits per heavy atom. The maximum absolute atomic E-state index is 11.9. The first kappa shape index (κ1) is 15.5. The van der Waals surface area contributed by atoms with Crippen LogP contribution in [0.3, 0.4) is 0 Å². The molecule has 1 aliphatic carbocycles. The second kappa shape index (κ2) is 7.16. The van der Waals surface area contributed by atoms with Gasteiger partial charge >= 0.3 is 11.7 Å². The average Bonchev–Trinajstić information content (AvgIpc) is 2.55. The zero-order chi connectivity index (χ0) is 14.3. The third kappa shape index (κ3) is 4.58. The normalized spacial score (nSPS) is 18.0. The Kier molecular flexibility index (Phi) is 5.86. The smallest absolute Gasteiger partial charge is 0.441 e. The lowest BCUT2D eigenvalue weighted by atomic mass is 9.88. The number of esters is 1. The molecule has 6 nitrogen and oxygen atoms in total. The van der Waals surface area contributed by atoms with Gasteiger partial charge in [-0.05, 0) is 19.8 Å². The van der Waals surface area contributed by atoms with Gasteiger partial charge in [-0.25, -0.2) is 4.79 Å². The monoisotopic (exact) mass is 268 g/mol. The summed E-state index contributed by atoms with van der Waals surface area (Å²) in [5.74, 6) is -1.63. The van der Waals surface area contributed by atoms with E-state index in [-0.39, 0.29) is 13.0 Å². The highest BCUT2D eigenvalue weighted by Crippen LogP contribution is 2.30. The zero-order valence-electron chi connectivity index (χ0n) is 11.2. The van der Waals surface area contributed by atoms with E-state index in [0.717, 1.165) is 25.7 Å². The molecule has 19 heavy (non-hydrogen) atoms. The van der Waals surface area contributed by atoms with Gasteiger partial charge < -0.3 is 15.4 Å². The minimum Gasteiger partial charge on any atom is -0.457 e. The summed E-state index contributed by atoms with van der Waals surface area (Å²) in [6.07, 6.45) is 4.64. The fourth-order valence-corrected chi connectivity index (χ4v) is 2.36. The molecular formula is C13H20N2O4. The van der Waals surface area contributed by atoms with Gasteiger partial charge in [-0.15, -0.1) is 0 Å². The van der Waals surface area contributed by atoms with Crippen LogP contribution in [0.5, 0.6) is 0 Å². The number of carbonyl (C=O) groups excluding carboxylic acids is 2. The molecule has 0 aromatic rings. The molecule has 0 aliphatic heterocycles. The molecule has 1 saturated carbocycles. The minimum atomic E-state index is -1.10. The van der Waals surface area contributed by atoms with Crippen LogP contribution in [0.25, 0.3) is 5.53 Å². The lowest BCUT2D eigenvalue weighted by Gasteiger charge is -2.24. The molecule has 0 amide bonds. The van der Waals surface area contributed by atoms with Crippen molar-refractivity contribution in [2.45, 2.75) is 57.5 Å². The molecule has 0 aromatic carbocycles. The van der Waals surface area contributed by atoms with Crippen LogP contribution in [-0.2, 0) is 14.3 Å². The SMILES string of the molecule is CCOC(=O)C(=[N+]=[N-])C(=O)CC1(O)CCCCCC1. The van der Waals surface area contributed by atoms with Crippen LogP contribution in [0.1, 0.15) is 51.9 Å². The fraction of sp³-hybridized carbons (Fsp3) is 0.769. The Labute approximate surface area is 112 Å². The first-order chi connectivity index (χ1) is 9.02. The minimum absolute atomic E-state index is 0.0927. The molecule has 0 aromatic heterocycles. The van der Waals surface area contributed by atoms with E-state index in [2.05, 4.69) is 9.53 Å². The Hall–Kier alpha value is -1.52. The van der Waals surface area contributed by atoms with Crippen LogP contribution >= 0.6 is 0 Å². The van der Waals surface area contributed by atoms with E-state index in [1.54, 1.807) is 6.92 Å². The van der Waals surface area contributed by atoms with Gasteiger partial charge in [0.05, 0.1) is 12.2 Å². The summed E-state index contributed by atoms with van der Waals surface area (Å²) in [6, 6.07) is 0. The highest BCUT2D eigenvalue weighted by molar-refractivity contribution is 6.62. The number of ether oxygens (including phenoxy) is 1. The lowest BCUT2D eigenvalue weighted by molar-refractivity contribution is -0.142. The molecule has 0 radical (unpaired) electrons. The second-order valence-corrected chi connectivity index (χ2v) is 4.91. The van der Waals surface area contributed by atoms with Crippen LogP contribution in [0.2, 0.25) is 0 Å². The Balaban J connectivity index is 2.71. The molecule has 0 unspecified atom stereocenters. The van der Waals surface area contributed by atoms with Gasteiger partial charge in [0.15, 0.2) is 0 Å². The first-order valence-electron chi connectivity index (χ1n) is 6.67. The summed E-state index contributed by atoms with van der Waals surface area (Å²) in [5, 5.41) is 10.4. The van der Waals surface area contributed by atoms with E-state index in [1.807, 2.05) is 0 Å². The molecule has 106 valence electrons. The maximum Gasteiger partial charge on any atom is 0.441 e. The van der Waals surface area contributed by atoms with Crippen molar-refractivity contribution in [1.29, 1.82) is 0 Å². The van der Waals surface area contributed by atoms with Gasteiger partial charge in [-0.1, -0.05) is 25.7 Å². The number of aliphatic hydroxyl groups is 1. The van der Waals surface area contributed by atoms with Crippen molar-refractivity contribution in [2.24, 2.45) is 0 Å². The van der Waals surface area contributed by atoms with Crippen molar-refractivity contribution in [3.63, 3.8) is 0 Å². The maximum atomic E-state index is 11.9. The van der Waals surface area contributed by atoms with E-state index in [4.69, 9.17) is 5.53 Å². The van der Waals surface area contributed by atoms with Gasteiger partial charge in [0.2, 0.25) is 0 Å². The highest BCUT2D eigenvalue weighted by atomic mass is 16.5. The summed E-state index contributed by atoms with van der Waals surface area (Å²) in [7, 11) is 0. The van der Waals surface area contributed by atoms with Crippen molar-refractivity contribution in [2.75, 3.05) is 6.61 Å². The quantitative estimate of drug-likeness (QED) is 0.202. The summed E-state index contributed by atoms with van der Waals surface area (Å²) >= 11 is 0. The summed E-state index contributed by atoms with van der Waals surface area (Å²) in [5.41, 5.74) is 7.01. The fourth-order valence-electron chi connectivity index (χ4n) is 2.36. The Morgan fingerprint density at radius 1 is 1.26 bits per heavy atom. The van der Waals surface area contributed by atoms with Crippen molar-refractivity contribution < 1.29 is 24.2 Å². The van der Waals surface area contributed by atoms with E-state index < -0.39 is 23.1 Å². The first-order valence-corrected chi connectivity index (χ1v) is 6.67. The van der Waals surface area contributed by atoms with E-state index in [9.17, 15) is 14.7 Å².